The van der Waals surface area contributed by atoms with Gasteiger partial charge in [0.15, 0.2) is 0 Å². The Morgan fingerprint density at radius 1 is 1.16 bits per heavy atom. The van der Waals surface area contributed by atoms with Crippen molar-refractivity contribution in [2.75, 3.05) is 0 Å². The zero-order valence-corrected chi connectivity index (χ0v) is 14.8. The molecule has 5 nitrogen and oxygen atoms in total. The average Bonchev–Trinajstić information content (AvgIpc) is 3.07. The van der Waals surface area contributed by atoms with Crippen molar-refractivity contribution in [3.8, 4) is 28.6 Å². The third-order valence-corrected chi connectivity index (χ3v) is 3.77. The molecule has 0 aliphatic heterocycles. The van der Waals surface area contributed by atoms with Gasteiger partial charge in [-0.15, -0.1) is 0 Å². The predicted molar refractivity (Wildman–Crippen MR) is 99.2 cm³/mol. The number of ether oxygens (including phenoxy) is 1. The molecule has 25 heavy (non-hydrogen) atoms. The number of hydrogen-bond acceptors (Lipinski definition) is 5. The van der Waals surface area contributed by atoms with E-state index in [9.17, 15) is 0 Å². The van der Waals surface area contributed by atoms with E-state index in [0.717, 1.165) is 16.7 Å². The van der Waals surface area contributed by atoms with E-state index in [2.05, 4.69) is 21.9 Å². The van der Waals surface area contributed by atoms with E-state index in [0.29, 0.717) is 29.0 Å². The second-order valence-corrected chi connectivity index (χ2v) is 6.22. The molecule has 0 atom stereocenters. The fourth-order valence-corrected chi connectivity index (χ4v) is 2.55. The Balaban J connectivity index is 1.83. The standard InChI is InChI=1S/C19H18ClN3O2/c1-12(2)24-17-9-8-15(10-16(17)20)18-22-19(25-23-18)14-6-4-13(5-7-14)11-21-3/h4-10,12H,3,11H2,1-2H3. The highest BCUT2D eigenvalue weighted by Gasteiger charge is 2.13. The number of halogens is 1. The van der Waals surface area contributed by atoms with Gasteiger partial charge in [0, 0.05) is 11.1 Å². The van der Waals surface area contributed by atoms with Crippen molar-refractivity contribution in [3.05, 3.63) is 53.1 Å². The summed E-state index contributed by atoms with van der Waals surface area (Å²) in [6.07, 6.45) is 0.0550. The summed E-state index contributed by atoms with van der Waals surface area (Å²) in [7, 11) is 0. The normalized spacial score (nSPS) is 10.9. The lowest BCUT2D eigenvalue weighted by Gasteiger charge is -2.11. The number of nitrogens with zero attached hydrogens (tertiary/aromatic N) is 3. The number of rotatable bonds is 6. The molecule has 3 rings (SSSR count). The molecule has 0 amide bonds. The first-order chi connectivity index (χ1) is 12.1. The van der Waals surface area contributed by atoms with Crippen LogP contribution in [0.25, 0.3) is 22.8 Å². The maximum absolute atomic E-state index is 6.27. The van der Waals surface area contributed by atoms with Crippen LogP contribution in [-0.2, 0) is 6.54 Å². The summed E-state index contributed by atoms with van der Waals surface area (Å²) in [6, 6.07) is 13.2. The molecule has 3 aromatic rings. The fourth-order valence-electron chi connectivity index (χ4n) is 2.33. The third kappa shape index (κ3) is 4.06. The van der Waals surface area contributed by atoms with Gasteiger partial charge in [-0.25, -0.2) is 0 Å². The van der Waals surface area contributed by atoms with Crippen LogP contribution < -0.4 is 4.74 Å². The minimum absolute atomic E-state index is 0.0550. The SMILES string of the molecule is C=NCc1ccc(-c2nc(-c3ccc(OC(C)C)c(Cl)c3)no2)cc1. The second kappa shape index (κ2) is 7.49. The van der Waals surface area contributed by atoms with Crippen LogP contribution in [0.5, 0.6) is 5.75 Å². The van der Waals surface area contributed by atoms with Gasteiger partial charge >= 0.3 is 0 Å². The topological polar surface area (TPSA) is 60.5 Å². The Bertz CT molecular complexity index is 873. The van der Waals surface area contributed by atoms with Crippen LogP contribution in [-0.4, -0.2) is 23.0 Å². The molecular formula is C19H18ClN3O2. The van der Waals surface area contributed by atoms with E-state index in [-0.39, 0.29) is 6.10 Å². The highest BCUT2D eigenvalue weighted by Crippen LogP contribution is 2.31. The molecule has 0 unspecified atom stereocenters. The lowest BCUT2D eigenvalue weighted by molar-refractivity contribution is 0.242. The van der Waals surface area contributed by atoms with Gasteiger partial charge in [-0.1, -0.05) is 28.9 Å². The molecule has 1 aromatic heterocycles. The van der Waals surface area contributed by atoms with Gasteiger partial charge in [-0.05, 0) is 56.5 Å². The first-order valence-corrected chi connectivity index (χ1v) is 8.26. The molecule has 0 spiro atoms. The molecule has 0 aliphatic rings. The van der Waals surface area contributed by atoms with Gasteiger partial charge in [-0.2, -0.15) is 4.98 Å². The Morgan fingerprint density at radius 3 is 2.52 bits per heavy atom. The summed E-state index contributed by atoms with van der Waals surface area (Å²) in [5.74, 6) is 1.56. The molecule has 0 aliphatic carbocycles. The number of benzene rings is 2. The van der Waals surface area contributed by atoms with E-state index in [1.54, 1.807) is 6.07 Å². The smallest absolute Gasteiger partial charge is 0.258 e. The van der Waals surface area contributed by atoms with E-state index in [1.807, 2.05) is 50.2 Å². The minimum Gasteiger partial charge on any atom is -0.489 e. The Morgan fingerprint density at radius 2 is 1.88 bits per heavy atom. The number of aliphatic imine (C=N–C) groups is 1. The molecule has 0 radical (unpaired) electrons. The molecule has 0 saturated heterocycles. The van der Waals surface area contributed by atoms with Crippen molar-refractivity contribution in [1.29, 1.82) is 0 Å². The molecule has 128 valence electrons. The molecule has 2 aromatic carbocycles. The summed E-state index contributed by atoms with van der Waals surface area (Å²) < 4.78 is 11.0. The Labute approximate surface area is 151 Å². The second-order valence-electron chi connectivity index (χ2n) is 5.81. The van der Waals surface area contributed by atoms with Crippen LogP contribution in [0.1, 0.15) is 19.4 Å². The summed E-state index contributed by atoms with van der Waals surface area (Å²) >= 11 is 6.27. The van der Waals surface area contributed by atoms with Crippen molar-refractivity contribution in [1.82, 2.24) is 10.1 Å². The van der Waals surface area contributed by atoms with E-state index < -0.39 is 0 Å². The minimum atomic E-state index is 0.0550. The van der Waals surface area contributed by atoms with Crippen LogP contribution in [0.3, 0.4) is 0 Å². The number of hydrogen-bond donors (Lipinski definition) is 0. The Hall–Kier alpha value is -2.66. The van der Waals surface area contributed by atoms with Crippen LogP contribution in [0.2, 0.25) is 5.02 Å². The van der Waals surface area contributed by atoms with Gasteiger partial charge in [0.2, 0.25) is 5.82 Å². The zero-order valence-electron chi connectivity index (χ0n) is 14.1. The largest absolute Gasteiger partial charge is 0.489 e. The molecule has 0 bridgehead atoms. The molecule has 6 heteroatoms. The predicted octanol–water partition coefficient (Wildman–Crippen LogP) is 5.04. The Kier molecular flexibility index (Phi) is 5.14. The quantitative estimate of drug-likeness (QED) is 0.581. The molecule has 0 fully saturated rings. The van der Waals surface area contributed by atoms with Gasteiger partial charge in [-0.3, -0.25) is 4.99 Å². The lowest BCUT2D eigenvalue weighted by atomic mass is 10.1. The van der Waals surface area contributed by atoms with Crippen LogP contribution in [0, 0.1) is 0 Å². The molecule has 0 N–H and O–H groups in total. The average molecular weight is 356 g/mol. The molecule has 0 saturated carbocycles. The summed E-state index contributed by atoms with van der Waals surface area (Å²) in [4.78, 5) is 8.31. The highest BCUT2D eigenvalue weighted by atomic mass is 35.5. The van der Waals surface area contributed by atoms with E-state index in [4.69, 9.17) is 20.9 Å². The van der Waals surface area contributed by atoms with Crippen LogP contribution in [0.15, 0.2) is 52.0 Å². The van der Waals surface area contributed by atoms with Crippen molar-refractivity contribution in [2.45, 2.75) is 26.5 Å². The molecular weight excluding hydrogens is 338 g/mol. The zero-order chi connectivity index (χ0) is 17.8. The maximum atomic E-state index is 6.27. The maximum Gasteiger partial charge on any atom is 0.258 e. The van der Waals surface area contributed by atoms with E-state index in [1.165, 1.54) is 0 Å². The third-order valence-electron chi connectivity index (χ3n) is 3.47. The first kappa shape index (κ1) is 17.2. The van der Waals surface area contributed by atoms with Gasteiger partial charge in [0.1, 0.15) is 5.75 Å². The van der Waals surface area contributed by atoms with Crippen molar-refractivity contribution in [2.24, 2.45) is 4.99 Å². The monoisotopic (exact) mass is 355 g/mol. The number of aromatic nitrogens is 2. The summed E-state index contributed by atoms with van der Waals surface area (Å²) in [5, 5.41) is 4.55. The van der Waals surface area contributed by atoms with Gasteiger partial charge in [0.25, 0.3) is 5.89 Å². The van der Waals surface area contributed by atoms with Crippen LogP contribution >= 0.6 is 11.6 Å². The van der Waals surface area contributed by atoms with Crippen molar-refractivity contribution in [3.63, 3.8) is 0 Å². The fraction of sp³-hybridized carbons (Fsp3) is 0.211. The lowest BCUT2D eigenvalue weighted by Crippen LogP contribution is -2.05. The van der Waals surface area contributed by atoms with Crippen molar-refractivity contribution < 1.29 is 9.26 Å². The van der Waals surface area contributed by atoms with Crippen LogP contribution in [0.4, 0.5) is 0 Å². The molecule has 1 heterocycles. The summed E-state index contributed by atoms with van der Waals surface area (Å²) in [6.45, 7) is 7.97. The highest BCUT2D eigenvalue weighted by molar-refractivity contribution is 6.32. The van der Waals surface area contributed by atoms with Gasteiger partial charge in [0.05, 0.1) is 17.7 Å². The van der Waals surface area contributed by atoms with Crippen molar-refractivity contribution >= 4 is 18.3 Å². The van der Waals surface area contributed by atoms with Gasteiger partial charge < -0.3 is 9.26 Å². The first-order valence-electron chi connectivity index (χ1n) is 7.89. The summed E-state index contributed by atoms with van der Waals surface area (Å²) in [5.41, 5.74) is 2.69. The van der Waals surface area contributed by atoms with E-state index >= 15 is 0 Å².